The van der Waals surface area contributed by atoms with Crippen molar-refractivity contribution in [2.24, 2.45) is 10.7 Å². The number of benzene rings is 1. The van der Waals surface area contributed by atoms with Gasteiger partial charge in [-0.1, -0.05) is 19.1 Å². The van der Waals surface area contributed by atoms with Gasteiger partial charge >= 0.3 is 0 Å². The largest absolute Gasteiger partial charge is 0.366 e. The molecule has 0 atom stereocenters. The van der Waals surface area contributed by atoms with E-state index in [2.05, 4.69) is 16.8 Å². The van der Waals surface area contributed by atoms with Gasteiger partial charge in [-0.05, 0) is 18.1 Å². The highest BCUT2D eigenvalue weighted by atomic mass is 16.1. The summed E-state index contributed by atoms with van der Waals surface area (Å²) >= 11 is 0. The molecule has 0 bridgehead atoms. The number of hydrogen-bond donors (Lipinski definition) is 1. The van der Waals surface area contributed by atoms with Crippen molar-refractivity contribution in [3.8, 4) is 0 Å². The smallest absolute Gasteiger partial charge is 0.250 e. The average molecular weight is 253 g/mol. The van der Waals surface area contributed by atoms with Crippen molar-refractivity contribution in [2.75, 3.05) is 11.4 Å². The summed E-state index contributed by atoms with van der Waals surface area (Å²) in [6, 6.07) is 5.70. The van der Waals surface area contributed by atoms with E-state index in [9.17, 15) is 4.79 Å². The zero-order valence-corrected chi connectivity index (χ0v) is 10.8. The Labute approximate surface area is 111 Å². The van der Waals surface area contributed by atoms with Crippen LogP contribution in [0.15, 0.2) is 46.7 Å². The molecule has 0 aromatic heterocycles. The molecule has 2 aliphatic rings. The molecule has 3 rings (SSSR count). The summed E-state index contributed by atoms with van der Waals surface area (Å²) < 4.78 is 0. The lowest BCUT2D eigenvalue weighted by molar-refractivity contribution is 0.100. The Bertz CT molecular complexity index is 641. The molecule has 0 saturated heterocycles. The summed E-state index contributed by atoms with van der Waals surface area (Å²) in [4.78, 5) is 17.8. The van der Waals surface area contributed by atoms with E-state index in [1.807, 2.05) is 30.7 Å². The number of carbonyl (C=O) groups excluding carboxylic acids is 1. The number of primary amides is 1. The van der Waals surface area contributed by atoms with Crippen LogP contribution in [-0.2, 0) is 6.42 Å². The van der Waals surface area contributed by atoms with Crippen molar-refractivity contribution in [3.63, 3.8) is 0 Å². The van der Waals surface area contributed by atoms with E-state index in [0.29, 0.717) is 5.56 Å². The van der Waals surface area contributed by atoms with Gasteiger partial charge < -0.3 is 10.6 Å². The molecule has 4 heteroatoms. The number of aryl methyl sites for hydroxylation is 1. The zero-order chi connectivity index (χ0) is 13.4. The first-order chi connectivity index (χ1) is 9.20. The summed E-state index contributed by atoms with van der Waals surface area (Å²) in [5.41, 5.74) is 10.4. The number of hydrogen-bond acceptors (Lipinski definition) is 3. The molecule has 0 fully saturated rings. The minimum atomic E-state index is -0.386. The number of carbonyl (C=O) groups is 1. The molecular formula is C15H15N3O. The van der Waals surface area contributed by atoms with Gasteiger partial charge in [0.25, 0.3) is 5.91 Å². The van der Waals surface area contributed by atoms with Gasteiger partial charge in [-0.25, -0.2) is 0 Å². The second-order valence-electron chi connectivity index (χ2n) is 4.68. The van der Waals surface area contributed by atoms with E-state index in [-0.39, 0.29) is 5.91 Å². The Balaban J connectivity index is 2.10. The van der Waals surface area contributed by atoms with E-state index in [0.717, 1.165) is 29.8 Å². The van der Waals surface area contributed by atoms with Crippen molar-refractivity contribution >= 4 is 17.8 Å². The van der Waals surface area contributed by atoms with Crippen LogP contribution in [-0.4, -0.2) is 18.7 Å². The number of para-hydroxylation sites is 1. The Kier molecular flexibility index (Phi) is 2.71. The van der Waals surface area contributed by atoms with Crippen LogP contribution in [0.25, 0.3) is 0 Å². The topological polar surface area (TPSA) is 58.7 Å². The SMILES string of the molecule is CCc1cccc(C(N)=O)c1N1C=C2C=NC=C2C1. The highest BCUT2D eigenvalue weighted by Gasteiger charge is 2.24. The number of rotatable bonds is 3. The molecule has 4 nitrogen and oxygen atoms in total. The first kappa shape index (κ1) is 11.7. The van der Waals surface area contributed by atoms with Gasteiger partial charge in [-0.15, -0.1) is 0 Å². The fraction of sp³-hybridized carbons (Fsp3) is 0.200. The molecule has 0 unspecified atom stereocenters. The summed E-state index contributed by atoms with van der Waals surface area (Å²) in [5.74, 6) is -0.386. The van der Waals surface area contributed by atoms with Crippen LogP contribution in [0.5, 0.6) is 0 Å². The maximum Gasteiger partial charge on any atom is 0.250 e. The van der Waals surface area contributed by atoms with Crippen molar-refractivity contribution in [2.45, 2.75) is 13.3 Å². The van der Waals surface area contributed by atoms with Crippen molar-refractivity contribution in [3.05, 3.63) is 52.9 Å². The van der Waals surface area contributed by atoms with Crippen LogP contribution >= 0.6 is 0 Å². The number of anilines is 1. The lowest BCUT2D eigenvalue weighted by Crippen LogP contribution is -2.21. The first-order valence-electron chi connectivity index (χ1n) is 6.33. The van der Waals surface area contributed by atoms with E-state index in [4.69, 9.17) is 5.73 Å². The Hall–Kier alpha value is -2.36. The van der Waals surface area contributed by atoms with Crippen LogP contribution in [0.3, 0.4) is 0 Å². The zero-order valence-electron chi connectivity index (χ0n) is 10.8. The standard InChI is InChI=1S/C15H15N3O/c1-2-10-4-3-5-13(15(16)19)14(10)18-8-11-6-17-7-12(11)9-18/h3-8H,2,9H2,1H3,(H2,16,19). The van der Waals surface area contributed by atoms with Crippen molar-refractivity contribution in [1.29, 1.82) is 0 Å². The predicted octanol–water partition coefficient (Wildman–Crippen LogP) is 2.02. The molecule has 0 saturated carbocycles. The fourth-order valence-corrected chi connectivity index (χ4v) is 2.57. The Morgan fingerprint density at radius 3 is 3.00 bits per heavy atom. The van der Waals surface area contributed by atoms with Crippen LogP contribution in [0.1, 0.15) is 22.8 Å². The molecule has 2 N–H and O–H groups in total. The normalized spacial score (nSPS) is 16.4. The molecule has 1 aromatic rings. The minimum absolute atomic E-state index is 0.386. The third-order valence-corrected chi connectivity index (χ3v) is 3.50. The van der Waals surface area contributed by atoms with Crippen LogP contribution in [0, 0.1) is 0 Å². The molecule has 1 aromatic carbocycles. The molecule has 19 heavy (non-hydrogen) atoms. The molecular weight excluding hydrogens is 238 g/mol. The lowest BCUT2D eigenvalue weighted by Gasteiger charge is -2.22. The lowest BCUT2D eigenvalue weighted by atomic mass is 10.0. The molecule has 0 aliphatic carbocycles. The number of nitrogens with zero attached hydrogens (tertiary/aromatic N) is 2. The highest BCUT2D eigenvalue weighted by Crippen LogP contribution is 2.33. The van der Waals surface area contributed by atoms with Gasteiger partial charge in [-0.3, -0.25) is 9.79 Å². The molecule has 0 radical (unpaired) electrons. The van der Waals surface area contributed by atoms with Gasteiger partial charge in [-0.2, -0.15) is 0 Å². The highest BCUT2D eigenvalue weighted by molar-refractivity contribution is 6.01. The maximum absolute atomic E-state index is 11.6. The Morgan fingerprint density at radius 2 is 2.32 bits per heavy atom. The van der Waals surface area contributed by atoms with Crippen LogP contribution in [0.4, 0.5) is 5.69 Å². The molecule has 2 aliphatic heterocycles. The van der Waals surface area contributed by atoms with Gasteiger partial charge in [0, 0.05) is 36.3 Å². The van der Waals surface area contributed by atoms with E-state index in [1.165, 1.54) is 5.57 Å². The van der Waals surface area contributed by atoms with E-state index >= 15 is 0 Å². The summed E-state index contributed by atoms with van der Waals surface area (Å²) in [5, 5.41) is 0. The quantitative estimate of drug-likeness (QED) is 0.896. The van der Waals surface area contributed by atoms with Crippen LogP contribution < -0.4 is 10.6 Å². The molecule has 96 valence electrons. The summed E-state index contributed by atoms with van der Waals surface area (Å²) in [7, 11) is 0. The van der Waals surface area contributed by atoms with Gasteiger partial charge in [0.05, 0.1) is 11.3 Å². The van der Waals surface area contributed by atoms with Crippen molar-refractivity contribution < 1.29 is 4.79 Å². The second-order valence-corrected chi connectivity index (χ2v) is 4.68. The first-order valence-corrected chi connectivity index (χ1v) is 6.33. The predicted molar refractivity (Wildman–Crippen MR) is 76.3 cm³/mol. The molecule has 0 spiro atoms. The monoisotopic (exact) mass is 253 g/mol. The fourth-order valence-electron chi connectivity index (χ4n) is 2.57. The maximum atomic E-state index is 11.6. The number of nitrogens with two attached hydrogens (primary N) is 1. The average Bonchev–Trinajstić information content (AvgIpc) is 2.98. The summed E-state index contributed by atoms with van der Waals surface area (Å²) in [6.45, 7) is 2.82. The van der Waals surface area contributed by atoms with Gasteiger partial charge in [0.2, 0.25) is 0 Å². The summed E-state index contributed by atoms with van der Waals surface area (Å²) in [6.07, 6.45) is 6.60. The van der Waals surface area contributed by atoms with Gasteiger partial charge in [0.15, 0.2) is 0 Å². The third kappa shape index (κ3) is 1.85. The third-order valence-electron chi connectivity index (χ3n) is 3.50. The minimum Gasteiger partial charge on any atom is -0.366 e. The number of aliphatic imine (C=N–C) groups is 1. The van der Waals surface area contributed by atoms with Crippen LogP contribution in [0.2, 0.25) is 0 Å². The number of fused-ring (bicyclic) bond motifs is 1. The molecule has 2 heterocycles. The van der Waals surface area contributed by atoms with E-state index in [1.54, 1.807) is 6.07 Å². The van der Waals surface area contributed by atoms with Gasteiger partial charge in [0.1, 0.15) is 0 Å². The Morgan fingerprint density at radius 1 is 1.47 bits per heavy atom. The van der Waals surface area contributed by atoms with E-state index < -0.39 is 0 Å². The number of amides is 1. The molecule has 1 amide bonds. The van der Waals surface area contributed by atoms with Crippen molar-refractivity contribution in [1.82, 2.24) is 0 Å². The second kappa shape index (κ2) is 4.39.